The fraction of sp³-hybridized carbons (Fsp3) is 0.492. The van der Waals surface area contributed by atoms with Gasteiger partial charge in [-0.3, -0.25) is 24.0 Å². The van der Waals surface area contributed by atoms with E-state index in [-0.39, 0.29) is 50.3 Å². The fourth-order valence-corrected chi connectivity index (χ4v) is 10.6. The lowest BCUT2D eigenvalue weighted by atomic mass is 9.85. The number of likely N-dealkylation sites (tertiary alicyclic amines) is 1. The molecule has 2 aliphatic carbocycles. The lowest BCUT2D eigenvalue weighted by Crippen LogP contribution is -2.58. The Balaban J connectivity index is 0.865. The number of carbonyl (C=O) groups excluding carboxylic acids is 5. The van der Waals surface area contributed by atoms with Crippen LogP contribution >= 0.6 is 0 Å². The van der Waals surface area contributed by atoms with Crippen molar-refractivity contribution in [3.05, 3.63) is 123 Å². The molecule has 2 heterocycles. The molecule has 0 saturated carbocycles. The molecule has 402 valence electrons. The second kappa shape index (κ2) is 25.9. The minimum Gasteiger partial charge on any atom is -0.494 e. The molecule has 0 aromatic heterocycles. The van der Waals surface area contributed by atoms with Crippen molar-refractivity contribution in [2.75, 3.05) is 57.6 Å². The zero-order chi connectivity index (χ0) is 53.8. The van der Waals surface area contributed by atoms with Crippen molar-refractivity contribution in [1.29, 1.82) is 0 Å². The Labute approximate surface area is 444 Å². The van der Waals surface area contributed by atoms with E-state index >= 15 is 0 Å². The van der Waals surface area contributed by atoms with E-state index in [1.54, 1.807) is 0 Å². The van der Waals surface area contributed by atoms with Crippen molar-refractivity contribution >= 4 is 40.7 Å². The van der Waals surface area contributed by atoms with Crippen molar-refractivity contribution in [2.24, 2.45) is 5.41 Å². The first kappa shape index (κ1) is 56.4. The number of nitrogens with one attached hydrogen (secondary N) is 3. The molecule has 75 heavy (non-hydrogen) atoms. The number of β-amino-alcohol motifs (C(OH)–C–C–N with tert-alkyl or cyclic N) is 1. The monoisotopic (exact) mass is 1030 g/mol. The van der Waals surface area contributed by atoms with Crippen LogP contribution in [0.25, 0.3) is 16.7 Å². The third-order valence-electron chi connectivity index (χ3n) is 14.9. The zero-order valence-corrected chi connectivity index (χ0v) is 45.4. The number of aliphatic hydroxyl groups is 1. The third kappa shape index (κ3) is 14.7. The topological polar surface area (TPSA) is 176 Å². The quantitative estimate of drug-likeness (QED) is 0.0713. The van der Waals surface area contributed by atoms with Crippen LogP contribution in [0, 0.1) is 12.3 Å². The molecule has 4 N–H and O–H groups in total. The Morgan fingerprint density at radius 3 is 2.24 bits per heavy atom. The van der Waals surface area contributed by atoms with E-state index in [1.807, 2.05) is 90.1 Å². The van der Waals surface area contributed by atoms with Gasteiger partial charge in [0.2, 0.25) is 17.7 Å². The van der Waals surface area contributed by atoms with Crippen LogP contribution in [-0.4, -0.2) is 116 Å². The maximum absolute atomic E-state index is 14.1. The van der Waals surface area contributed by atoms with Crippen molar-refractivity contribution < 1.29 is 43.3 Å². The van der Waals surface area contributed by atoms with Crippen LogP contribution in [0.1, 0.15) is 127 Å². The van der Waals surface area contributed by atoms with Crippen molar-refractivity contribution in [3.63, 3.8) is 0 Å². The number of rotatable bonds is 22. The number of unbranched alkanes of at least 4 members (excludes halogenated alkanes) is 2. The second-order valence-electron chi connectivity index (χ2n) is 21.7. The maximum atomic E-state index is 14.1. The normalized spacial score (nSPS) is 18.5. The molecule has 2 saturated heterocycles. The van der Waals surface area contributed by atoms with Gasteiger partial charge in [0.05, 0.1) is 12.7 Å². The van der Waals surface area contributed by atoms with E-state index < -0.39 is 35.4 Å². The van der Waals surface area contributed by atoms with Crippen LogP contribution in [0.15, 0.2) is 101 Å². The van der Waals surface area contributed by atoms with Gasteiger partial charge in [-0.1, -0.05) is 81.0 Å². The number of benzene rings is 3. The van der Waals surface area contributed by atoms with Gasteiger partial charge in [0.15, 0.2) is 5.78 Å². The van der Waals surface area contributed by atoms with Crippen LogP contribution < -0.4 is 25.6 Å². The molecular formula is C61H79N5O9. The highest BCUT2D eigenvalue weighted by Crippen LogP contribution is 2.35. The van der Waals surface area contributed by atoms with E-state index in [0.717, 1.165) is 89.0 Å². The number of amides is 4. The molecule has 0 unspecified atom stereocenters. The van der Waals surface area contributed by atoms with E-state index in [1.165, 1.54) is 16.0 Å². The van der Waals surface area contributed by atoms with Crippen LogP contribution in [0.5, 0.6) is 5.75 Å². The molecular weight excluding hydrogens is 947 g/mol. The number of carbonyl (C=O) groups is 5. The van der Waals surface area contributed by atoms with Crippen molar-refractivity contribution in [3.8, 4) is 16.9 Å². The van der Waals surface area contributed by atoms with Gasteiger partial charge in [0, 0.05) is 81.7 Å². The summed E-state index contributed by atoms with van der Waals surface area (Å²) in [6.07, 6.45) is 10.9. The first-order valence-electron chi connectivity index (χ1n) is 26.9. The van der Waals surface area contributed by atoms with Gasteiger partial charge in [0.25, 0.3) is 5.91 Å². The highest BCUT2D eigenvalue weighted by Gasteiger charge is 2.44. The number of nitrogens with zero attached hydrogens (tertiary/aromatic N) is 2. The Kier molecular flexibility index (Phi) is 19.5. The minimum atomic E-state index is -0.946. The van der Waals surface area contributed by atoms with E-state index in [9.17, 15) is 29.1 Å². The summed E-state index contributed by atoms with van der Waals surface area (Å²) in [5.74, 6) is -0.653. The summed E-state index contributed by atoms with van der Waals surface area (Å²) in [6, 6.07) is 18.6. The number of hydrogen-bond donors (Lipinski definition) is 4. The van der Waals surface area contributed by atoms with Crippen LogP contribution in [0.3, 0.4) is 0 Å². The Bertz CT molecular complexity index is 2670. The molecule has 0 bridgehead atoms. The van der Waals surface area contributed by atoms with Gasteiger partial charge in [-0.15, -0.1) is 0 Å². The summed E-state index contributed by atoms with van der Waals surface area (Å²) in [4.78, 5) is 71.4. The minimum absolute atomic E-state index is 0.00282. The summed E-state index contributed by atoms with van der Waals surface area (Å²) in [5.41, 5.74) is 10.8. The van der Waals surface area contributed by atoms with Crippen LogP contribution in [-0.2, 0) is 35.2 Å². The molecule has 3 aromatic rings. The standard InChI is InChI=1S/C61H79N5O9/c1-9-65(47-24-28-73-29-25-47)53-33-46(32-51(42(53)5)58(70)63-36-52-41(4)30-39(2)31-55(52)68)44-20-22-49(23-21-44)75-27-12-10-11-26-74-38-56(69)64-57(61(6,7)8)60(72)66-37-48(67)34-54(66)59(71)62-35-43-16-18-45(19-17-43)50-15-13-14-40(50)3/h13-14,16-23,30,32-33,47-48,54,57,67H,9-12,15,24-29,31,34-38H2,1-8H3,(H,62,71)(H,63,70)(H,64,69)/t48-,54+,57-/m1/s1. The van der Waals surface area contributed by atoms with Gasteiger partial charge in [-0.2, -0.15) is 0 Å². The Hall–Kier alpha value is -6.35. The van der Waals surface area contributed by atoms with Gasteiger partial charge in [0.1, 0.15) is 24.4 Å². The molecule has 14 nitrogen and oxygen atoms in total. The summed E-state index contributed by atoms with van der Waals surface area (Å²) in [6.45, 7) is 18.9. The SMILES string of the molecule is CCN(c1cc(-c2ccc(OCCCCCOCC(=O)N[C@H](C(=O)N3C[C@H](O)C[C@H]3C(=O)NCc3ccc(C4=C(C)C=CC4)cc3)C(C)(C)C)cc2)cc(C(=O)NCC2=C(C)C=C(C)CC2=O)c1C)C1CCOCC1. The summed E-state index contributed by atoms with van der Waals surface area (Å²) >= 11 is 0. The highest BCUT2D eigenvalue weighted by molar-refractivity contribution is 6.03. The lowest BCUT2D eigenvalue weighted by Gasteiger charge is -2.37. The first-order chi connectivity index (χ1) is 35.9. The van der Waals surface area contributed by atoms with Gasteiger partial charge in [-0.25, -0.2) is 0 Å². The molecule has 7 rings (SSSR count). The zero-order valence-electron chi connectivity index (χ0n) is 45.4. The first-order valence-corrected chi connectivity index (χ1v) is 26.9. The molecule has 2 aliphatic heterocycles. The number of hydrogen-bond acceptors (Lipinski definition) is 10. The number of anilines is 1. The molecule has 4 aliphatic rings. The number of ketones is 1. The molecule has 14 heteroatoms. The summed E-state index contributed by atoms with van der Waals surface area (Å²) in [7, 11) is 0. The molecule has 2 fully saturated rings. The lowest BCUT2D eigenvalue weighted by molar-refractivity contribution is -0.144. The second-order valence-corrected chi connectivity index (χ2v) is 21.7. The Morgan fingerprint density at radius 2 is 1.57 bits per heavy atom. The number of aliphatic hydroxyl groups excluding tert-OH is 1. The summed E-state index contributed by atoms with van der Waals surface area (Å²) < 4.78 is 17.5. The predicted octanol–water partition coefficient (Wildman–Crippen LogP) is 8.74. The maximum Gasteiger partial charge on any atom is 0.251 e. The van der Waals surface area contributed by atoms with Gasteiger partial charge >= 0.3 is 0 Å². The molecule has 4 amide bonds. The average Bonchev–Trinajstić information content (AvgIpc) is 4.01. The fourth-order valence-electron chi connectivity index (χ4n) is 10.6. The average molecular weight is 1030 g/mol. The number of ether oxygens (including phenoxy) is 3. The van der Waals surface area contributed by atoms with Crippen LogP contribution in [0.4, 0.5) is 5.69 Å². The molecule has 3 aromatic carbocycles. The smallest absolute Gasteiger partial charge is 0.251 e. The van der Waals surface area contributed by atoms with Gasteiger partial charge in [-0.05, 0) is 147 Å². The largest absolute Gasteiger partial charge is 0.494 e. The predicted molar refractivity (Wildman–Crippen MR) is 294 cm³/mol. The number of allylic oxidation sites excluding steroid dienone is 7. The van der Waals surface area contributed by atoms with Crippen molar-refractivity contribution in [2.45, 2.75) is 138 Å². The van der Waals surface area contributed by atoms with E-state index in [2.05, 4.69) is 65.0 Å². The van der Waals surface area contributed by atoms with Crippen molar-refractivity contribution in [1.82, 2.24) is 20.9 Å². The molecule has 0 spiro atoms. The third-order valence-corrected chi connectivity index (χ3v) is 14.9. The molecule has 0 radical (unpaired) electrons. The van der Waals surface area contributed by atoms with E-state index in [0.29, 0.717) is 56.4 Å². The Morgan fingerprint density at radius 1 is 0.867 bits per heavy atom. The van der Waals surface area contributed by atoms with Gasteiger partial charge < -0.3 is 45.1 Å². The molecule has 3 atom stereocenters. The highest BCUT2D eigenvalue weighted by atomic mass is 16.5. The van der Waals surface area contributed by atoms with E-state index in [4.69, 9.17) is 14.2 Å². The summed E-state index contributed by atoms with van der Waals surface area (Å²) in [5, 5.41) is 19.5. The van der Waals surface area contributed by atoms with Crippen LogP contribution in [0.2, 0.25) is 0 Å². The number of Topliss-reactive ketones (excluding diaryl/α,β-unsaturated/α-hetero) is 1.